The highest BCUT2D eigenvalue weighted by molar-refractivity contribution is 5.84. The first-order valence-electron chi connectivity index (χ1n) is 17.0. The van der Waals surface area contributed by atoms with Crippen molar-refractivity contribution in [1.82, 2.24) is 0 Å². The van der Waals surface area contributed by atoms with E-state index in [2.05, 4.69) is 13.8 Å². The standard InChI is InChI=1S/C35H60O8/c1-3-5-7-8-9-10-11-12-17-21-34(40)42-26-29(37)27-43-35(41)22-18-14-13-16-20-30-31(33(39)25-32(30)38)24-23-28(36)19-15-6-4-2/h13,16,23-24,28-31,33,36-37,39H,3-12,14-15,17-22,25-27H2,1-2H3/b16-13-,24-23+/t28-,29+,30+,31+,33+/m0/s1. The third-order valence-corrected chi connectivity index (χ3v) is 8.06. The monoisotopic (exact) mass is 608 g/mol. The molecule has 3 N–H and O–H groups in total. The SMILES string of the molecule is CCCCCCCCCCCC(=O)OC[C@@H](O)COC(=O)CCC/C=C\C[C@H]1C(=O)C[C@@H](O)[C@@H]1/C=C/[C@@H](O)CCCCC. The number of aliphatic hydroxyl groups is 3. The van der Waals surface area contributed by atoms with Crippen molar-refractivity contribution < 1.29 is 39.2 Å². The fourth-order valence-corrected chi connectivity index (χ4v) is 5.36. The molecule has 0 aromatic rings. The van der Waals surface area contributed by atoms with Crippen LogP contribution in [-0.4, -0.2) is 64.6 Å². The van der Waals surface area contributed by atoms with E-state index < -0.39 is 24.3 Å². The Balaban J connectivity index is 2.14. The molecule has 248 valence electrons. The van der Waals surface area contributed by atoms with Crippen LogP contribution in [0.3, 0.4) is 0 Å². The van der Waals surface area contributed by atoms with Crippen molar-refractivity contribution in [2.45, 2.75) is 154 Å². The number of allylic oxidation sites excluding steroid dienone is 2. The normalized spacial score (nSPS) is 20.2. The van der Waals surface area contributed by atoms with Gasteiger partial charge in [0.15, 0.2) is 0 Å². The molecular formula is C35H60O8. The highest BCUT2D eigenvalue weighted by Crippen LogP contribution is 2.33. The zero-order valence-electron chi connectivity index (χ0n) is 26.9. The van der Waals surface area contributed by atoms with E-state index in [4.69, 9.17) is 9.47 Å². The fourth-order valence-electron chi connectivity index (χ4n) is 5.36. The second kappa shape index (κ2) is 25.3. The van der Waals surface area contributed by atoms with Crippen LogP contribution >= 0.6 is 0 Å². The molecule has 0 bridgehead atoms. The molecule has 0 radical (unpaired) electrons. The van der Waals surface area contributed by atoms with Crippen LogP contribution < -0.4 is 0 Å². The van der Waals surface area contributed by atoms with E-state index in [1.54, 1.807) is 12.2 Å². The maximum absolute atomic E-state index is 12.4. The van der Waals surface area contributed by atoms with Crippen LogP contribution in [0.25, 0.3) is 0 Å². The van der Waals surface area contributed by atoms with Gasteiger partial charge in [0.2, 0.25) is 0 Å². The summed E-state index contributed by atoms with van der Waals surface area (Å²) in [6.07, 6.45) is 21.7. The van der Waals surface area contributed by atoms with Gasteiger partial charge in [-0.05, 0) is 32.1 Å². The molecule has 0 aromatic heterocycles. The lowest BCUT2D eigenvalue weighted by Gasteiger charge is -2.16. The first kappa shape index (κ1) is 39.0. The van der Waals surface area contributed by atoms with Crippen molar-refractivity contribution in [3.63, 3.8) is 0 Å². The number of unbranched alkanes of at least 4 members (excludes halogenated alkanes) is 11. The van der Waals surface area contributed by atoms with Crippen LogP contribution in [0.1, 0.15) is 136 Å². The molecule has 5 atom stereocenters. The summed E-state index contributed by atoms with van der Waals surface area (Å²) >= 11 is 0. The second-order valence-corrected chi connectivity index (χ2v) is 12.1. The van der Waals surface area contributed by atoms with Crippen molar-refractivity contribution in [2.24, 2.45) is 11.8 Å². The Hall–Kier alpha value is -2.03. The van der Waals surface area contributed by atoms with Gasteiger partial charge in [-0.1, -0.05) is 109 Å². The smallest absolute Gasteiger partial charge is 0.305 e. The summed E-state index contributed by atoms with van der Waals surface area (Å²) in [5, 5.41) is 30.4. The highest BCUT2D eigenvalue weighted by Gasteiger charge is 2.39. The third-order valence-electron chi connectivity index (χ3n) is 8.06. The third kappa shape index (κ3) is 19.8. The van der Waals surface area contributed by atoms with Crippen molar-refractivity contribution in [3.8, 4) is 0 Å². The number of esters is 2. The van der Waals surface area contributed by atoms with Crippen LogP contribution in [0.2, 0.25) is 0 Å². The van der Waals surface area contributed by atoms with Crippen molar-refractivity contribution in [1.29, 1.82) is 0 Å². The lowest BCUT2D eigenvalue weighted by Crippen LogP contribution is -2.25. The molecule has 0 aromatic carbocycles. The molecule has 8 nitrogen and oxygen atoms in total. The number of rotatable bonds is 26. The lowest BCUT2D eigenvalue weighted by atomic mass is 9.90. The van der Waals surface area contributed by atoms with E-state index >= 15 is 0 Å². The highest BCUT2D eigenvalue weighted by atomic mass is 16.6. The Morgan fingerprint density at radius 1 is 0.814 bits per heavy atom. The molecule has 1 saturated carbocycles. The minimum Gasteiger partial charge on any atom is -0.463 e. The van der Waals surface area contributed by atoms with E-state index in [0.717, 1.165) is 38.5 Å². The zero-order chi connectivity index (χ0) is 31.7. The van der Waals surface area contributed by atoms with Crippen LogP contribution in [0, 0.1) is 11.8 Å². The number of Topliss-reactive ketones (excluding diaryl/α,β-unsaturated/α-hetero) is 1. The van der Waals surface area contributed by atoms with E-state index in [9.17, 15) is 29.7 Å². The molecule has 8 heteroatoms. The molecule has 0 saturated heterocycles. The maximum Gasteiger partial charge on any atom is 0.305 e. The van der Waals surface area contributed by atoms with Gasteiger partial charge in [0.1, 0.15) is 25.1 Å². The Morgan fingerprint density at radius 2 is 1.37 bits per heavy atom. The van der Waals surface area contributed by atoms with Gasteiger partial charge in [-0.3, -0.25) is 14.4 Å². The molecule has 1 aliphatic rings. The predicted octanol–water partition coefficient (Wildman–Crippen LogP) is 6.53. The molecule has 0 heterocycles. The van der Waals surface area contributed by atoms with E-state index in [1.165, 1.54) is 38.5 Å². The molecule has 43 heavy (non-hydrogen) atoms. The first-order chi connectivity index (χ1) is 20.8. The average Bonchev–Trinajstić information content (AvgIpc) is 3.25. The van der Waals surface area contributed by atoms with Gasteiger partial charge < -0.3 is 24.8 Å². The van der Waals surface area contributed by atoms with Crippen molar-refractivity contribution >= 4 is 17.7 Å². The van der Waals surface area contributed by atoms with E-state index in [1.807, 2.05) is 12.2 Å². The predicted molar refractivity (Wildman–Crippen MR) is 169 cm³/mol. The molecule has 0 amide bonds. The van der Waals surface area contributed by atoms with E-state index in [0.29, 0.717) is 32.1 Å². The average molecular weight is 609 g/mol. The number of hydrogen-bond acceptors (Lipinski definition) is 8. The van der Waals surface area contributed by atoms with Crippen LogP contribution in [0.15, 0.2) is 24.3 Å². The van der Waals surface area contributed by atoms with Gasteiger partial charge in [0.25, 0.3) is 0 Å². The lowest BCUT2D eigenvalue weighted by molar-refractivity contribution is -0.152. The summed E-state index contributed by atoms with van der Waals surface area (Å²) in [5.74, 6) is -1.34. The summed E-state index contributed by atoms with van der Waals surface area (Å²) in [6.45, 7) is 3.92. The van der Waals surface area contributed by atoms with Crippen molar-refractivity contribution in [2.75, 3.05) is 13.2 Å². The summed E-state index contributed by atoms with van der Waals surface area (Å²) in [5.41, 5.74) is 0. The number of hydrogen-bond donors (Lipinski definition) is 3. The number of aliphatic hydroxyl groups excluding tert-OH is 3. The quantitative estimate of drug-likeness (QED) is 0.0574. The number of carbonyl (C=O) groups excluding carboxylic acids is 3. The molecule has 0 unspecified atom stereocenters. The fraction of sp³-hybridized carbons (Fsp3) is 0.800. The Bertz CT molecular complexity index is 808. The van der Waals surface area contributed by atoms with Gasteiger partial charge in [-0.25, -0.2) is 0 Å². The molecule has 1 rings (SSSR count). The van der Waals surface area contributed by atoms with Crippen LogP contribution in [0.4, 0.5) is 0 Å². The van der Waals surface area contributed by atoms with Crippen molar-refractivity contribution in [3.05, 3.63) is 24.3 Å². The van der Waals surface area contributed by atoms with Gasteiger partial charge in [-0.15, -0.1) is 0 Å². The second-order valence-electron chi connectivity index (χ2n) is 12.1. The van der Waals surface area contributed by atoms with Crippen LogP contribution in [-0.2, 0) is 23.9 Å². The van der Waals surface area contributed by atoms with Gasteiger partial charge in [0.05, 0.1) is 12.2 Å². The summed E-state index contributed by atoms with van der Waals surface area (Å²) in [6, 6.07) is 0. The molecular weight excluding hydrogens is 548 g/mol. The van der Waals surface area contributed by atoms with E-state index in [-0.39, 0.29) is 49.6 Å². The Kier molecular flexibility index (Phi) is 23.0. The molecule has 1 fully saturated rings. The van der Waals surface area contributed by atoms with Crippen LogP contribution in [0.5, 0.6) is 0 Å². The Labute approximate surface area is 260 Å². The molecule has 0 aliphatic heterocycles. The number of ether oxygens (including phenoxy) is 2. The van der Waals surface area contributed by atoms with Gasteiger partial charge in [0, 0.05) is 31.1 Å². The number of ketones is 1. The first-order valence-corrected chi connectivity index (χ1v) is 17.0. The van der Waals surface area contributed by atoms with Gasteiger partial charge in [-0.2, -0.15) is 0 Å². The number of carbonyl (C=O) groups is 3. The molecule has 0 spiro atoms. The Morgan fingerprint density at radius 3 is 2.00 bits per heavy atom. The summed E-state index contributed by atoms with van der Waals surface area (Å²) < 4.78 is 10.2. The summed E-state index contributed by atoms with van der Waals surface area (Å²) in [4.78, 5) is 36.2. The zero-order valence-corrected chi connectivity index (χ0v) is 26.9. The minimum atomic E-state index is -1.05. The largest absolute Gasteiger partial charge is 0.463 e. The molecule has 1 aliphatic carbocycles. The summed E-state index contributed by atoms with van der Waals surface area (Å²) in [7, 11) is 0. The topological polar surface area (TPSA) is 130 Å². The van der Waals surface area contributed by atoms with Gasteiger partial charge >= 0.3 is 11.9 Å². The minimum absolute atomic E-state index is 0.0311. The maximum atomic E-state index is 12.4.